The maximum absolute atomic E-state index is 14.0. The Morgan fingerprint density at radius 3 is 2.62 bits per heavy atom. The van der Waals surface area contributed by atoms with Crippen molar-refractivity contribution in [1.29, 1.82) is 0 Å². The number of rotatable bonds is 1. The molecule has 3 heteroatoms. The highest BCUT2D eigenvalue weighted by molar-refractivity contribution is 6.90. The Balaban J connectivity index is 2.66. The summed E-state index contributed by atoms with van der Waals surface area (Å²) in [7, 11) is -1.63. The summed E-state index contributed by atoms with van der Waals surface area (Å²) >= 11 is 0. The molecule has 0 saturated heterocycles. The van der Waals surface area contributed by atoms with Crippen LogP contribution in [0.5, 0.6) is 5.75 Å². The predicted octanol–water partition coefficient (Wildman–Crippen LogP) is 3.26. The molecule has 88 valence electrons. The second-order valence-electron chi connectivity index (χ2n) is 5.48. The minimum atomic E-state index is -1.63. The van der Waals surface area contributed by atoms with Crippen LogP contribution in [-0.2, 0) is 0 Å². The molecule has 0 N–H and O–H groups in total. The van der Waals surface area contributed by atoms with Crippen molar-refractivity contribution < 1.29 is 9.13 Å². The quantitative estimate of drug-likeness (QED) is 0.682. The van der Waals surface area contributed by atoms with Gasteiger partial charge in [-0.25, -0.2) is 4.39 Å². The van der Waals surface area contributed by atoms with Gasteiger partial charge in [0.05, 0.1) is 14.7 Å². The van der Waals surface area contributed by atoms with Gasteiger partial charge in [0.25, 0.3) is 0 Å². The van der Waals surface area contributed by atoms with Crippen LogP contribution in [0.3, 0.4) is 0 Å². The molecule has 0 aromatic heterocycles. The number of hydrogen-bond donors (Lipinski definition) is 0. The molecule has 0 aliphatic carbocycles. The Labute approximate surface area is 97.6 Å². The maximum Gasteiger partial charge on any atom is 0.126 e. The van der Waals surface area contributed by atoms with Gasteiger partial charge in [-0.15, -0.1) is 0 Å². The minimum absolute atomic E-state index is 0.0734. The van der Waals surface area contributed by atoms with Crippen molar-refractivity contribution in [3.63, 3.8) is 0 Å². The lowest BCUT2D eigenvalue weighted by Crippen LogP contribution is -2.49. The molecular weight excluding hydrogens is 219 g/mol. The number of fused-ring (bicyclic) bond motifs is 1. The highest BCUT2D eigenvalue weighted by Crippen LogP contribution is 2.32. The lowest BCUT2D eigenvalue weighted by molar-refractivity contribution is 0.328. The summed E-state index contributed by atoms with van der Waals surface area (Å²) < 4.78 is 19.7. The minimum Gasteiger partial charge on any atom is -0.494 e. The molecule has 0 fully saturated rings. The van der Waals surface area contributed by atoms with Crippen LogP contribution in [0.15, 0.2) is 12.1 Å². The molecule has 0 saturated carbocycles. The average Bonchev–Trinajstić information content (AvgIpc) is 2.16. The predicted molar refractivity (Wildman–Crippen MR) is 67.9 cm³/mol. The van der Waals surface area contributed by atoms with Gasteiger partial charge in [-0.05, 0) is 23.6 Å². The molecule has 1 aliphatic rings. The van der Waals surface area contributed by atoms with Gasteiger partial charge in [0.15, 0.2) is 0 Å². The molecule has 0 bridgehead atoms. The third kappa shape index (κ3) is 1.77. The van der Waals surface area contributed by atoms with Gasteiger partial charge < -0.3 is 4.74 Å². The molecule has 0 unspecified atom stereocenters. The fourth-order valence-corrected chi connectivity index (χ4v) is 4.77. The third-order valence-corrected chi connectivity index (χ3v) is 6.68. The second kappa shape index (κ2) is 3.88. The monoisotopic (exact) mass is 238 g/mol. The van der Waals surface area contributed by atoms with E-state index < -0.39 is 8.07 Å². The van der Waals surface area contributed by atoms with Crippen LogP contribution >= 0.6 is 0 Å². The van der Waals surface area contributed by atoms with E-state index in [1.165, 1.54) is 0 Å². The number of hydrogen-bond acceptors (Lipinski definition) is 1. The molecule has 1 aliphatic heterocycles. The summed E-state index contributed by atoms with van der Waals surface area (Å²) in [5.41, 5.74) is 1.15. The van der Waals surface area contributed by atoms with Gasteiger partial charge in [0, 0.05) is 5.19 Å². The SMILES string of the molecule is CC(C)c1ccc(F)c2c1OCC[Si]2(C)C. The normalized spacial score (nSPS) is 18.1. The largest absolute Gasteiger partial charge is 0.494 e. The average molecular weight is 238 g/mol. The van der Waals surface area contributed by atoms with Crippen molar-refractivity contribution in [2.75, 3.05) is 6.61 Å². The zero-order valence-electron chi connectivity index (χ0n) is 10.4. The molecule has 1 aromatic rings. The van der Waals surface area contributed by atoms with Crippen molar-refractivity contribution in [1.82, 2.24) is 0 Å². The first-order valence-electron chi connectivity index (χ1n) is 5.89. The molecular formula is C13H19FOSi. The molecule has 1 heterocycles. The van der Waals surface area contributed by atoms with Crippen LogP contribution in [0, 0.1) is 5.82 Å². The first-order chi connectivity index (χ1) is 7.43. The van der Waals surface area contributed by atoms with E-state index in [9.17, 15) is 4.39 Å². The van der Waals surface area contributed by atoms with E-state index in [1.807, 2.05) is 6.07 Å². The number of ether oxygens (including phenoxy) is 1. The molecule has 0 atom stereocenters. The van der Waals surface area contributed by atoms with Gasteiger partial charge in [0.1, 0.15) is 11.6 Å². The Kier molecular flexibility index (Phi) is 2.82. The van der Waals surface area contributed by atoms with Crippen molar-refractivity contribution in [3.8, 4) is 5.75 Å². The van der Waals surface area contributed by atoms with Crippen LogP contribution in [0.25, 0.3) is 0 Å². The van der Waals surface area contributed by atoms with Crippen LogP contribution < -0.4 is 9.92 Å². The molecule has 0 radical (unpaired) electrons. The van der Waals surface area contributed by atoms with Gasteiger partial charge in [-0.2, -0.15) is 0 Å². The fraction of sp³-hybridized carbons (Fsp3) is 0.538. The Morgan fingerprint density at radius 1 is 1.31 bits per heavy atom. The smallest absolute Gasteiger partial charge is 0.126 e. The van der Waals surface area contributed by atoms with E-state index in [4.69, 9.17) is 4.74 Å². The Morgan fingerprint density at radius 2 is 2.00 bits per heavy atom. The second-order valence-corrected chi connectivity index (χ2v) is 10.2. The summed E-state index contributed by atoms with van der Waals surface area (Å²) in [5, 5.41) is 0.893. The van der Waals surface area contributed by atoms with E-state index in [0.717, 1.165) is 29.2 Å². The van der Waals surface area contributed by atoms with Crippen molar-refractivity contribution in [3.05, 3.63) is 23.5 Å². The summed E-state index contributed by atoms with van der Waals surface area (Å²) in [6.07, 6.45) is 0. The molecule has 16 heavy (non-hydrogen) atoms. The number of halogens is 1. The Hall–Kier alpha value is -0.833. The van der Waals surface area contributed by atoms with Gasteiger partial charge in [0.2, 0.25) is 0 Å². The topological polar surface area (TPSA) is 9.23 Å². The standard InChI is InChI=1S/C13H19FOSi/c1-9(2)10-5-6-11(14)13-12(10)15-7-8-16(13,3)4/h5-6,9H,7-8H2,1-4H3. The molecule has 0 spiro atoms. The highest BCUT2D eigenvalue weighted by atomic mass is 28.3. The van der Waals surface area contributed by atoms with Crippen LogP contribution in [0.1, 0.15) is 25.3 Å². The van der Waals surface area contributed by atoms with Gasteiger partial charge in [-0.3, -0.25) is 0 Å². The van der Waals surface area contributed by atoms with Crippen molar-refractivity contribution in [2.45, 2.75) is 38.9 Å². The summed E-state index contributed by atoms with van der Waals surface area (Å²) in [5.74, 6) is 1.16. The third-order valence-electron chi connectivity index (χ3n) is 3.41. The van der Waals surface area contributed by atoms with Gasteiger partial charge in [-0.1, -0.05) is 33.0 Å². The number of benzene rings is 1. The van der Waals surface area contributed by atoms with Crippen LogP contribution in [-0.4, -0.2) is 14.7 Å². The van der Waals surface area contributed by atoms with E-state index in [-0.39, 0.29) is 5.82 Å². The Bertz CT molecular complexity index is 413. The van der Waals surface area contributed by atoms with E-state index in [2.05, 4.69) is 26.9 Å². The zero-order valence-corrected chi connectivity index (χ0v) is 11.4. The highest BCUT2D eigenvalue weighted by Gasteiger charge is 2.35. The van der Waals surface area contributed by atoms with Crippen molar-refractivity contribution in [2.24, 2.45) is 0 Å². The lowest BCUT2D eigenvalue weighted by Gasteiger charge is -2.33. The first-order valence-corrected chi connectivity index (χ1v) is 9.10. The van der Waals surface area contributed by atoms with Gasteiger partial charge >= 0.3 is 0 Å². The first kappa shape index (κ1) is 11.6. The summed E-state index contributed by atoms with van der Waals surface area (Å²) in [6, 6.07) is 4.49. The maximum atomic E-state index is 14.0. The summed E-state index contributed by atoms with van der Waals surface area (Å²) in [4.78, 5) is 0. The van der Waals surface area contributed by atoms with Crippen LogP contribution in [0.2, 0.25) is 19.1 Å². The van der Waals surface area contributed by atoms with E-state index in [0.29, 0.717) is 5.92 Å². The van der Waals surface area contributed by atoms with E-state index >= 15 is 0 Å². The lowest BCUT2D eigenvalue weighted by atomic mass is 10.0. The molecule has 1 nitrogen and oxygen atoms in total. The summed E-state index contributed by atoms with van der Waals surface area (Å²) in [6.45, 7) is 9.44. The zero-order chi connectivity index (χ0) is 11.9. The molecule has 0 amide bonds. The van der Waals surface area contributed by atoms with E-state index in [1.54, 1.807) is 6.07 Å². The van der Waals surface area contributed by atoms with Crippen molar-refractivity contribution >= 4 is 13.3 Å². The van der Waals surface area contributed by atoms with Crippen LogP contribution in [0.4, 0.5) is 4.39 Å². The molecule has 2 rings (SSSR count). The molecule has 1 aromatic carbocycles. The fourth-order valence-electron chi connectivity index (χ4n) is 2.35.